The van der Waals surface area contributed by atoms with Crippen LogP contribution in [0.1, 0.15) is 24.0 Å². The van der Waals surface area contributed by atoms with E-state index in [1.807, 2.05) is 49.5 Å². The van der Waals surface area contributed by atoms with E-state index in [-0.39, 0.29) is 0 Å². The molecular formula is C28H40N12+2. The molecule has 0 spiro atoms. The second kappa shape index (κ2) is 12.6. The quantitative estimate of drug-likeness (QED) is 0.156. The van der Waals surface area contributed by atoms with Crippen LogP contribution >= 0.6 is 0 Å². The molecule has 0 radical (unpaired) electrons. The fraction of sp³-hybridized carbons (Fsp3) is 0.429. The van der Waals surface area contributed by atoms with Crippen molar-refractivity contribution in [2.45, 2.75) is 26.7 Å². The lowest BCUT2D eigenvalue weighted by Crippen LogP contribution is -2.25. The lowest BCUT2D eigenvalue weighted by Gasteiger charge is -2.24. The van der Waals surface area contributed by atoms with Gasteiger partial charge in [0.1, 0.15) is 0 Å². The van der Waals surface area contributed by atoms with Gasteiger partial charge < -0.3 is 9.80 Å². The molecule has 0 aliphatic rings. The third-order valence-corrected chi connectivity index (χ3v) is 6.94. The summed E-state index contributed by atoms with van der Waals surface area (Å²) < 4.78 is 7.07. The molecule has 2 aromatic carbocycles. The van der Waals surface area contributed by atoms with E-state index in [9.17, 15) is 0 Å². The van der Waals surface area contributed by atoms with Crippen LogP contribution in [0.3, 0.4) is 0 Å². The summed E-state index contributed by atoms with van der Waals surface area (Å²) in [5.41, 5.74) is 6.42. The van der Waals surface area contributed by atoms with Gasteiger partial charge in [-0.15, -0.1) is 9.36 Å². The lowest BCUT2D eigenvalue weighted by molar-refractivity contribution is -0.659. The minimum absolute atomic E-state index is 0.690. The van der Waals surface area contributed by atoms with Crippen molar-refractivity contribution in [2.75, 3.05) is 37.0 Å². The zero-order valence-electron chi connectivity index (χ0n) is 24.8. The molecule has 0 N–H and O–H groups in total. The molecule has 0 aliphatic heterocycles. The van der Waals surface area contributed by atoms with Crippen LogP contribution in [0.15, 0.2) is 69.5 Å². The highest BCUT2D eigenvalue weighted by atomic mass is 15.4. The molecule has 2 heterocycles. The Morgan fingerprint density at radius 2 is 1.07 bits per heavy atom. The number of anilines is 2. The zero-order valence-corrected chi connectivity index (χ0v) is 24.8. The molecule has 0 amide bonds. The Morgan fingerprint density at radius 3 is 1.40 bits per heavy atom. The maximum absolute atomic E-state index is 4.40. The first-order valence-electron chi connectivity index (χ1n) is 13.4. The molecule has 210 valence electrons. The van der Waals surface area contributed by atoms with Crippen molar-refractivity contribution < 1.29 is 9.13 Å². The standard InChI is InChI=1S/C28H40N12/c1-21-17-23(31-33-27-37(5)19-29-39(27)7)11-13-25(21)35(3)15-9-10-16-36(4)26-14-12-24(18-22(26)2)32-34-28-38(6)20-30-40(28)8/h11-14,17-20H,9-10,15-16H2,1-8H3/q+2. The Morgan fingerprint density at radius 1 is 0.675 bits per heavy atom. The summed E-state index contributed by atoms with van der Waals surface area (Å²) in [5, 5.41) is 25.9. The van der Waals surface area contributed by atoms with Gasteiger partial charge in [-0.25, -0.2) is 9.13 Å². The van der Waals surface area contributed by atoms with E-state index in [0.29, 0.717) is 11.9 Å². The molecule has 0 atom stereocenters. The number of aryl methyl sites for hydroxylation is 6. The summed E-state index contributed by atoms with van der Waals surface area (Å²) >= 11 is 0. The minimum Gasteiger partial charge on any atom is -0.374 e. The summed E-state index contributed by atoms with van der Waals surface area (Å²) in [5.74, 6) is 1.38. The van der Waals surface area contributed by atoms with Crippen molar-refractivity contribution in [3.8, 4) is 0 Å². The fourth-order valence-corrected chi connectivity index (χ4v) is 4.65. The molecule has 0 bridgehead atoms. The van der Waals surface area contributed by atoms with E-state index in [1.165, 1.54) is 22.5 Å². The summed E-state index contributed by atoms with van der Waals surface area (Å²) in [4.78, 5) is 4.62. The van der Waals surface area contributed by atoms with Gasteiger partial charge in [0.05, 0.1) is 39.6 Å². The average Bonchev–Trinajstić information content (AvgIpc) is 3.42. The van der Waals surface area contributed by atoms with Gasteiger partial charge in [0, 0.05) is 48.8 Å². The Labute approximate surface area is 235 Å². The number of nitrogens with zero attached hydrogens (tertiary/aromatic N) is 12. The number of aromatic nitrogens is 6. The SMILES string of the molecule is Cc1cc(/N=N/c2n(C)nc[n+]2C)ccc1N(C)CCCCN(C)c1ccc(/N=N/c2n(C)nc[n+]2C)cc1C. The first-order chi connectivity index (χ1) is 19.1. The van der Waals surface area contributed by atoms with Crippen LogP contribution in [0.25, 0.3) is 0 Å². The van der Waals surface area contributed by atoms with Crippen LogP contribution in [-0.2, 0) is 28.2 Å². The average molecular weight is 545 g/mol. The van der Waals surface area contributed by atoms with Crippen LogP contribution in [0, 0.1) is 13.8 Å². The van der Waals surface area contributed by atoms with E-state index in [4.69, 9.17) is 0 Å². The van der Waals surface area contributed by atoms with Gasteiger partial charge in [0.2, 0.25) is 12.7 Å². The molecule has 0 aliphatic carbocycles. The number of hydrogen-bond acceptors (Lipinski definition) is 8. The molecule has 2 aromatic heterocycles. The molecule has 12 nitrogen and oxygen atoms in total. The summed E-state index contributed by atoms with van der Waals surface area (Å²) in [6.45, 7) is 6.19. The van der Waals surface area contributed by atoms with Gasteiger partial charge in [-0.1, -0.05) is 10.2 Å². The third-order valence-electron chi connectivity index (χ3n) is 6.94. The van der Waals surface area contributed by atoms with Crippen LogP contribution in [0.2, 0.25) is 0 Å². The topological polar surface area (TPSA) is 99.3 Å². The lowest BCUT2D eigenvalue weighted by atomic mass is 10.1. The van der Waals surface area contributed by atoms with Crippen molar-refractivity contribution in [1.82, 2.24) is 19.6 Å². The van der Waals surface area contributed by atoms with Gasteiger partial charge >= 0.3 is 11.9 Å². The van der Waals surface area contributed by atoms with E-state index < -0.39 is 0 Å². The van der Waals surface area contributed by atoms with Crippen molar-refractivity contribution in [3.05, 3.63) is 60.2 Å². The predicted molar refractivity (Wildman–Crippen MR) is 155 cm³/mol. The summed E-state index contributed by atoms with van der Waals surface area (Å²) in [7, 11) is 11.8. The summed E-state index contributed by atoms with van der Waals surface area (Å²) in [6.07, 6.45) is 5.61. The molecule has 0 saturated carbocycles. The van der Waals surface area contributed by atoms with Crippen LogP contribution in [0.4, 0.5) is 34.6 Å². The predicted octanol–water partition coefficient (Wildman–Crippen LogP) is 4.60. The third kappa shape index (κ3) is 6.74. The van der Waals surface area contributed by atoms with E-state index >= 15 is 0 Å². The normalized spacial score (nSPS) is 11.7. The van der Waals surface area contributed by atoms with Crippen molar-refractivity contribution in [2.24, 2.45) is 48.6 Å². The highest BCUT2D eigenvalue weighted by molar-refractivity contribution is 5.59. The highest BCUT2D eigenvalue weighted by Crippen LogP contribution is 2.27. The second-order valence-electron chi connectivity index (χ2n) is 10.2. The smallest absolute Gasteiger partial charge is 0.374 e. The molecule has 12 heteroatoms. The Bertz CT molecular complexity index is 1360. The van der Waals surface area contributed by atoms with E-state index in [2.05, 4.69) is 92.7 Å². The maximum atomic E-state index is 4.40. The van der Waals surface area contributed by atoms with Gasteiger partial charge in [-0.3, -0.25) is 0 Å². The number of unbranched alkanes of at least 4 members (excludes halogenated alkanes) is 1. The Kier molecular flexibility index (Phi) is 8.97. The molecule has 0 unspecified atom stereocenters. The molecule has 0 fully saturated rings. The van der Waals surface area contributed by atoms with Crippen molar-refractivity contribution in [1.29, 1.82) is 0 Å². The largest absolute Gasteiger partial charge is 0.403 e. The second-order valence-corrected chi connectivity index (χ2v) is 10.2. The number of azo groups is 2. The zero-order chi connectivity index (χ0) is 28.8. The first kappa shape index (κ1) is 28.5. The van der Waals surface area contributed by atoms with E-state index in [0.717, 1.165) is 37.3 Å². The molecule has 4 rings (SSSR count). The van der Waals surface area contributed by atoms with Gasteiger partial charge in [-0.2, -0.15) is 0 Å². The fourth-order valence-electron chi connectivity index (χ4n) is 4.65. The first-order valence-corrected chi connectivity index (χ1v) is 13.4. The number of hydrogen-bond donors (Lipinski definition) is 0. The van der Waals surface area contributed by atoms with Crippen LogP contribution < -0.4 is 18.9 Å². The number of benzene rings is 2. The minimum atomic E-state index is 0.690. The molecule has 4 aromatic rings. The molecule has 40 heavy (non-hydrogen) atoms. The maximum Gasteiger partial charge on any atom is 0.403 e. The van der Waals surface area contributed by atoms with E-state index in [1.54, 1.807) is 22.0 Å². The van der Waals surface area contributed by atoms with Gasteiger partial charge in [0.15, 0.2) is 0 Å². The van der Waals surface area contributed by atoms with Gasteiger partial charge in [-0.05, 0) is 84.4 Å². The van der Waals surface area contributed by atoms with Crippen LogP contribution in [-0.4, -0.2) is 46.7 Å². The number of rotatable bonds is 11. The molecular weight excluding hydrogens is 504 g/mol. The Balaban J connectivity index is 1.27. The van der Waals surface area contributed by atoms with Gasteiger partial charge in [0.25, 0.3) is 0 Å². The van der Waals surface area contributed by atoms with Crippen LogP contribution in [0.5, 0.6) is 0 Å². The monoisotopic (exact) mass is 544 g/mol. The Hall–Kier alpha value is -4.48. The highest BCUT2D eigenvalue weighted by Gasteiger charge is 2.13. The summed E-state index contributed by atoms with van der Waals surface area (Å²) in [6, 6.07) is 12.4. The van der Waals surface area contributed by atoms with Crippen molar-refractivity contribution in [3.63, 3.8) is 0 Å². The molecule has 0 saturated heterocycles. The van der Waals surface area contributed by atoms with Crippen molar-refractivity contribution >= 4 is 34.6 Å².